The van der Waals surface area contributed by atoms with Gasteiger partial charge in [-0.3, -0.25) is 0 Å². The van der Waals surface area contributed by atoms with Gasteiger partial charge in [-0.05, 0) is 103 Å². The van der Waals surface area contributed by atoms with Crippen LogP contribution in [0.4, 0.5) is 17.1 Å². The predicted molar refractivity (Wildman–Crippen MR) is 212 cm³/mol. The zero-order valence-corrected chi connectivity index (χ0v) is 27.3. The van der Waals surface area contributed by atoms with Gasteiger partial charge >= 0.3 is 0 Å². The number of nitrogens with zero attached hydrogens (tertiary/aromatic N) is 1. The summed E-state index contributed by atoms with van der Waals surface area (Å²) in [5, 5.41) is 9.75. The van der Waals surface area contributed by atoms with Crippen molar-refractivity contribution in [1.29, 1.82) is 0 Å². The molecule has 0 aliphatic heterocycles. The summed E-state index contributed by atoms with van der Waals surface area (Å²) < 4.78 is 6.66. The van der Waals surface area contributed by atoms with Crippen LogP contribution >= 0.6 is 0 Å². The third-order valence-electron chi connectivity index (χ3n) is 10.0. The van der Waals surface area contributed by atoms with Crippen molar-refractivity contribution in [3.63, 3.8) is 0 Å². The maximum atomic E-state index is 6.66. The quantitative estimate of drug-likeness (QED) is 0.175. The van der Waals surface area contributed by atoms with Gasteiger partial charge in [0.15, 0.2) is 0 Å². The minimum atomic E-state index is 0.865. The number of furan rings is 1. The molecule has 10 rings (SSSR count). The first-order valence-corrected chi connectivity index (χ1v) is 17.1. The van der Waals surface area contributed by atoms with Crippen LogP contribution < -0.4 is 4.90 Å². The molecule has 0 aliphatic rings. The molecule has 50 heavy (non-hydrogen) atoms. The lowest BCUT2D eigenvalue weighted by atomic mass is 9.91. The lowest BCUT2D eigenvalue weighted by Crippen LogP contribution is -2.09. The maximum absolute atomic E-state index is 6.66. The summed E-state index contributed by atoms with van der Waals surface area (Å²) in [6.45, 7) is 0. The van der Waals surface area contributed by atoms with Crippen LogP contribution in [0.1, 0.15) is 0 Å². The molecular formula is C48H31NO. The maximum Gasteiger partial charge on any atom is 0.137 e. The van der Waals surface area contributed by atoms with E-state index in [4.69, 9.17) is 4.42 Å². The van der Waals surface area contributed by atoms with Gasteiger partial charge in [-0.25, -0.2) is 0 Å². The topological polar surface area (TPSA) is 16.4 Å². The molecule has 0 unspecified atom stereocenters. The van der Waals surface area contributed by atoms with Gasteiger partial charge in [0.05, 0.1) is 0 Å². The Kier molecular flexibility index (Phi) is 6.53. The fraction of sp³-hybridized carbons (Fsp3) is 0. The summed E-state index contributed by atoms with van der Waals surface area (Å²) in [4.78, 5) is 2.30. The van der Waals surface area contributed by atoms with Gasteiger partial charge in [0, 0.05) is 33.9 Å². The van der Waals surface area contributed by atoms with E-state index < -0.39 is 0 Å². The standard InChI is InChI=1S/C48H31NO/c1-2-14-38(15-3-1)49(39-26-24-33(25-27-39)37-23-20-32-10-4-5-12-36(32)30-37)40-28-29-44-46(31-40)50-45-19-9-18-43(48(44)45)42-17-8-13-35-22-21-34-11-6-7-16-41(34)47(35)42/h1-31H. The van der Waals surface area contributed by atoms with E-state index in [1.165, 1.54) is 54.6 Å². The molecule has 0 spiro atoms. The van der Waals surface area contributed by atoms with Crippen molar-refractivity contribution in [2.75, 3.05) is 4.90 Å². The normalized spacial score (nSPS) is 11.6. The second-order valence-electron chi connectivity index (χ2n) is 12.9. The molecule has 0 radical (unpaired) electrons. The first kappa shape index (κ1) is 28.4. The van der Waals surface area contributed by atoms with E-state index in [0.29, 0.717) is 0 Å². The van der Waals surface area contributed by atoms with Crippen molar-refractivity contribution < 1.29 is 4.42 Å². The number of rotatable bonds is 5. The summed E-state index contributed by atoms with van der Waals surface area (Å²) >= 11 is 0. The van der Waals surface area contributed by atoms with Gasteiger partial charge in [-0.1, -0.05) is 133 Å². The lowest BCUT2D eigenvalue weighted by Gasteiger charge is -2.25. The SMILES string of the molecule is c1ccc(N(c2ccc(-c3ccc4ccccc4c3)cc2)c2ccc3c(c2)oc2cccc(-c4cccc5ccc6ccccc6c45)c23)cc1. The monoisotopic (exact) mass is 637 g/mol. The van der Waals surface area contributed by atoms with Crippen LogP contribution in [0.5, 0.6) is 0 Å². The van der Waals surface area contributed by atoms with Crippen LogP contribution in [-0.2, 0) is 0 Å². The van der Waals surface area contributed by atoms with Crippen molar-refractivity contribution in [3.8, 4) is 22.3 Å². The highest BCUT2D eigenvalue weighted by Crippen LogP contribution is 2.43. The van der Waals surface area contributed by atoms with Gasteiger partial charge < -0.3 is 9.32 Å². The Bertz CT molecular complexity index is 2870. The molecule has 1 heterocycles. The average Bonchev–Trinajstić information content (AvgIpc) is 3.56. The zero-order valence-electron chi connectivity index (χ0n) is 27.3. The molecule has 0 saturated heterocycles. The number of fused-ring (bicyclic) bond motifs is 7. The summed E-state index contributed by atoms with van der Waals surface area (Å²) in [5.74, 6) is 0. The molecule has 0 atom stereocenters. The number of anilines is 3. The van der Waals surface area contributed by atoms with Gasteiger partial charge in [-0.2, -0.15) is 0 Å². The minimum Gasteiger partial charge on any atom is -0.456 e. The Morgan fingerprint density at radius 2 is 0.940 bits per heavy atom. The molecule has 10 aromatic rings. The number of para-hydroxylation sites is 1. The van der Waals surface area contributed by atoms with E-state index in [2.05, 4.69) is 193 Å². The predicted octanol–water partition coefficient (Wildman–Crippen LogP) is 13.8. The summed E-state index contributed by atoms with van der Waals surface area (Å²) in [6, 6.07) is 67.4. The minimum absolute atomic E-state index is 0.865. The van der Waals surface area contributed by atoms with Crippen molar-refractivity contribution in [3.05, 3.63) is 188 Å². The fourth-order valence-electron chi connectivity index (χ4n) is 7.66. The largest absolute Gasteiger partial charge is 0.456 e. The Morgan fingerprint density at radius 1 is 0.320 bits per heavy atom. The van der Waals surface area contributed by atoms with Crippen LogP contribution in [0.3, 0.4) is 0 Å². The molecule has 0 saturated carbocycles. The first-order valence-electron chi connectivity index (χ1n) is 17.1. The van der Waals surface area contributed by atoms with Gasteiger partial charge in [0.2, 0.25) is 0 Å². The second kappa shape index (κ2) is 11.5. The average molecular weight is 638 g/mol. The number of benzene rings is 9. The van der Waals surface area contributed by atoms with Crippen LogP contribution in [0.2, 0.25) is 0 Å². The van der Waals surface area contributed by atoms with Crippen molar-refractivity contribution in [2.45, 2.75) is 0 Å². The third-order valence-corrected chi connectivity index (χ3v) is 10.0. The van der Waals surface area contributed by atoms with Crippen LogP contribution in [-0.4, -0.2) is 0 Å². The molecule has 2 heteroatoms. The van der Waals surface area contributed by atoms with Crippen LogP contribution in [0, 0.1) is 0 Å². The van der Waals surface area contributed by atoms with Gasteiger partial charge in [0.25, 0.3) is 0 Å². The first-order chi connectivity index (χ1) is 24.8. The molecule has 0 N–H and O–H groups in total. The van der Waals surface area contributed by atoms with E-state index >= 15 is 0 Å². The highest BCUT2D eigenvalue weighted by molar-refractivity contribution is 6.20. The molecule has 0 fully saturated rings. The van der Waals surface area contributed by atoms with E-state index in [9.17, 15) is 0 Å². The molecule has 0 amide bonds. The summed E-state index contributed by atoms with van der Waals surface area (Å²) in [7, 11) is 0. The van der Waals surface area contributed by atoms with E-state index in [1.807, 2.05) is 0 Å². The Hall–Kier alpha value is -6.64. The van der Waals surface area contributed by atoms with E-state index in [1.54, 1.807) is 0 Å². The Balaban J connectivity index is 1.10. The smallest absolute Gasteiger partial charge is 0.137 e. The molecule has 9 aromatic carbocycles. The molecule has 2 nitrogen and oxygen atoms in total. The zero-order chi connectivity index (χ0) is 33.0. The molecule has 0 bridgehead atoms. The molecule has 234 valence electrons. The highest BCUT2D eigenvalue weighted by Gasteiger charge is 2.19. The van der Waals surface area contributed by atoms with Crippen molar-refractivity contribution in [1.82, 2.24) is 0 Å². The van der Waals surface area contributed by atoms with E-state index in [-0.39, 0.29) is 0 Å². The summed E-state index contributed by atoms with van der Waals surface area (Å²) in [5.41, 5.74) is 9.76. The molecule has 0 aliphatic carbocycles. The molecule has 1 aromatic heterocycles. The summed E-state index contributed by atoms with van der Waals surface area (Å²) in [6.07, 6.45) is 0. The van der Waals surface area contributed by atoms with Crippen molar-refractivity contribution in [2.24, 2.45) is 0 Å². The van der Waals surface area contributed by atoms with Crippen LogP contribution in [0.15, 0.2) is 192 Å². The highest BCUT2D eigenvalue weighted by atomic mass is 16.3. The second-order valence-corrected chi connectivity index (χ2v) is 12.9. The van der Waals surface area contributed by atoms with Crippen LogP contribution in [0.25, 0.3) is 76.5 Å². The van der Waals surface area contributed by atoms with Gasteiger partial charge in [-0.15, -0.1) is 0 Å². The Labute approximate surface area is 290 Å². The lowest BCUT2D eigenvalue weighted by molar-refractivity contribution is 0.669. The van der Waals surface area contributed by atoms with E-state index in [0.717, 1.165) is 39.0 Å². The number of hydrogen-bond donors (Lipinski definition) is 0. The van der Waals surface area contributed by atoms with Crippen molar-refractivity contribution >= 4 is 71.3 Å². The molecular weight excluding hydrogens is 607 g/mol. The fourth-order valence-corrected chi connectivity index (χ4v) is 7.66. The third kappa shape index (κ3) is 4.65. The Morgan fingerprint density at radius 3 is 1.80 bits per heavy atom. The van der Waals surface area contributed by atoms with Gasteiger partial charge in [0.1, 0.15) is 11.2 Å². The number of hydrogen-bond acceptors (Lipinski definition) is 2.